The number of ketones is 1. The Balaban J connectivity index is 1.72. The van der Waals surface area contributed by atoms with Gasteiger partial charge in [-0.15, -0.1) is 0 Å². The van der Waals surface area contributed by atoms with Crippen LogP contribution in [0.2, 0.25) is 0 Å². The molecule has 0 heterocycles. The van der Waals surface area contributed by atoms with Crippen molar-refractivity contribution in [3.63, 3.8) is 0 Å². The summed E-state index contributed by atoms with van der Waals surface area (Å²) in [6.45, 7) is 6.98. The topological polar surface area (TPSA) is 37.3 Å². The fourth-order valence-corrected chi connectivity index (χ4v) is 7.03. The molecular weight excluding hydrogens is 272 g/mol. The third-order valence-corrected chi connectivity index (χ3v) is 8.53. The lowest BCUT2D eigenvalue weighted by Gasteiger charge is -2.60. The molecule has 0 amide bonds. The van der Waals surface area contributed by atoms with Crippen LogP contribution in [0.15, 0.2) is 11.6 Å². The Morgan fingerprint density at radius 3 is 2.64 bits per heavy atom. The van der Waals surface area contributed by atoms with E-state index >= 15 is 0 Å². The summed E-state index contributed by atoms with van der Waals surface area (Å²) < 4.78 is 0. The summed E-state index contributed by atoms with van der Waals surface area (Å²) in [6, 6.07) is 0. The van der Waals surface area contributed by atoms with Crippen LogP contribution in [-0.4, -0.2) is 17.0 Å². The summed E-state index contributed by atoms with van der Waals surface area (Å²) in [7, 11) is 0. The van der Waals surface area contributed by atoms with E-state index in [1.165, 1.54) is 37.7 Å². The fraction of sp³-hybridized carbons (Fsp3) is 0.850. The highest BCUT2D eigenvalue weighted by Crippen LogP contribution is 2.66. The molecule has 122 valence electrons. The quantitative estimate of drug-likeness (QED) is 0.730. The molecule has 0 spiro atoms. The molecule has 4 aliphatic carbocycles. The van der Waals surface area contributed by atoms with Crippen molar-refractivity contribution in [2.45, 2.75) is 71.8 Å². The van der Waals surface area contributed by atoms with Crippen molar-refractivity contribution >= 4 is 5.78 Å². The van der Waals surface area contributed by atoms with Crippen LogP contribution < -0.4 is 0 Å². The fourth-order valence-electron chi connectivity index (χ4n) is 7.03. The molecule has 2 nitrogen and oxygen atoms in total. The summed E-state index contributed by atoms with van der Waals surface area (Å²) in [5, 5.41) is 10.5. The molecule has 3 fully saturated rings. The normalized spacial score (nSPS) is 54.3. The molecule has 0 aliphatic heterocycles. The van der Waals surface area contributed by atoms with Gasteiger partial charge in [-0.25, -0.2) is 0 Å². The van der Waals surface area contributed by atoms with E-state index in [1.807, 2.05) is 6.08 Å². The number of aliphatic hydroxyl groups excluding tert-OH is 1. The van der Waals surface area contributed by atoms with E-state index in [0.717, 1.165) is 24.7 Å². The molecule has 0 saturated heterocycles. The maximum Gasteiger partial charge on any atom is 0.155 e. The first kappa shape index (κ1) is 14.9. The third-order valence-electron chi connectivity index (χ3n) is 8.53. The highest BCUT2D eigenvalue weighted by atomic mass is 16.3. The van der Waals surface area contributed by atoms with Gasteiger partial charge in [0.25, 0.3) is 0 Å². The molecule has 0 bridgehead atoms. The molecular formula is C20H30O2. The van der Waals surface area contributed by atoms with Crippen LogP contribution in [0.3, 0.4) is 0 Å². The van der Waals surface area contributed by atoms with Gasteiger partial charge in [0.05, 0.1) is 6.10 Å². The lowest BCUT2D eigenvalue weighted by molar-refractivity contribution is -0.125. The molecule has 3 saturated carbocycles. The first-order chi connectivity index (χ1) is 10.4. The largest absolute Gasteiger partial charge is 0.393 e. The smallest absolute Gasteiger partial charge is 0.155 e. The minimum atomic E-state index is -0.0893. The van der Waals surface area contributed by atoms with Gasteiger partial charge >= 0.3 is 0 Å². The molecule has 7 atom stereocenters. The van der Waals surface area contributed by atoms with Crippen molar-refractivity contribution in [3.05, 3.63) is 11.6 Å². The van der Waals surface area contributed by atoms with E-state index in [2.05, 4.69) is 20.8 Å². The van der Waals surface area contributed by atoms with E-state index in [4.69, 9.17) is 0 Å². The number of fused-ring (bicyclic) bond motifs is 5. The zero-order chi connectivity index (χ0) is 15.7. The van der Waals surface area contributed by atoms with Gasteiger partial charge in [0, 0.05) is 6.42 Å². The van der Waals surface area contributed by atoms with Crippen LogP contribution in [0.25, 0.3) is 0 Å². The first-order valence-corrected chi connectivity index (χ1v) is 9.27. The van der Waals surface area contributed by atoms with Crippen molar-refractivity contribution in [1.82, 2.24) is 0 Å². The maximum atomic E-state index is 12.0. The van der Waals surface area contributed by atoms with Crippen LogP contribution in [0.1, 0.15) is 65.7 Å². The summed E-state index contributed by atoms with van der Waals surface area (Å²) in [4.78, 5) is 12.0. The Morgan fingerprint density at radius 1 is 1.09 bits per heavy atom. The van der Waals surface area contributed by atoms with Gasteiger partial charge in [-0.05, 0) is 86.0 Å². The molecule has 2 heteroatoms. The highest BCUT2D eigenvalue weighted by molar-refractivity contribution is 5.91. The molecule has 0 radical (unpaired) electrons. The Labute approximate surface area is 134 Å². The first-order valence-electron chi connectivity index (χ1n) is 9.27. The summed E-state index contributed by atoms with van der Waals surface area (Å²) >= 11 is 0. The second kappa shape index (κ2) is 4.69. The van der Waals surface area contributed by atoms with Crippen LogP contribution in [0.5, 0.6) is 0 Å². The maximum absolute atomic E-state index is 12.0. The van der Waals surface area contributed by atoms with Gasteiger partial charge in [-0.2, -0.15) is 0 Å². The Kier molecular flexibility index (Phi) is 3.18. The molecule has 4 aliphatic rings. The van der Waals surface area contributed by atoms with Gasteiger partial charge < -0.3 is 5.11 Å². The predicted molar refractivity (Wildman–Crippen MR) is 87.3 cm³/mol. The van der Waals surface area contributed by atoms with Gasteiger partial charge in [0.1, 0.15) is 0 Å². The molecule has 22 heavy (non-hydrogen) atoms. The molecule has 0 aromatic heterocycles. The minimum absolute atomic E-state index is 0.0893. The molecule has 4 unspecified atom stereocenters. The monoisotopic (exact) mass is 302 g/mol. The SMILES string of the molecule is CC1=CC(=O)CC2CCC3C(CC[C@@]4(C)C3CC[C@@H]4O)[C@@]12C. The Bertz CT molecular complexity index is 536. The van der Waals surface area contributed by atoms with Gasteiger partial charge in [0.15, 0.2) is 5.78 Å². The van der Waals surface area contributed by atoms with Crippen LogP contribution in [-0.2, 0) is 4.79 Å². The predicted octanol–water partition coefficient (Wildman–Crippen LogP) is 4.13. The van der Waals surface area contributed by atoms with Gasteiger partial charge in [-0.1, -0.05) is 19.4 Å². The van der Waals surface area contributed by atoms with Crippen molar-refractivity contribution in [3.8, 4) is 0 Å². The van der Waals surface area contributed by atoms with Crippen LogP contribution >= 0.6 is 0 Å². The lowest BCUT2D eigenvalue weighted by Crippen LogP contribution is -2.54. The third kappa shape index (κ3) is 1.74. The van der Waals surface area contributed by atoms with E-state index in [0.29, 0.717) is 17.6 Å². The number of carbonyl (C=O) groups excluding carboxylic acids is 1. The van der Waals surface area contributed by atoms with E-state index in [-0.39, 0.29) is 16.9 Å². The van der Waals surface area contributed by atoms with Crippen LogP contribution in [0, 0.1) is 34.5 Å². The summed E-state index contributed by atoms with van der Waals surface area (Å²) in [6.07, 6.45) is 9.71. The Morgan fingerprint density at radius 2 is 1.86 bits per heavy atom. The average molecular weight is 302 g/mol. The Hall–Kier alpha value is -0.630. The van der Waals surface area contributed by atoms with Gasteiger partial charge in [0.2, 0.25) is 0 Å². The number of carbonyl (C=O) groups is 1. The van der Waals surface area contributed by atoms with Crippen LogP contribution in [0.4, 0.5) is 0 Å². The summed E-state index contributed by atoms with van der Waals surface area (Å²) in [5.41, 5.74) is 1.73. The zero-order valence-corrected chi connectivity index (χ0v) is 14.3. The van der Waals surface area contributed by atoms with E-state index in [1.54, 1.807) is 0 Å². The van der Waals surface area contributed by atoms with Crippen molar-refractivity contribution in [2.24, 2.45) is 34.5 Å². The average Bonchev–Trinajstić information content (AvgIpc) is 2.77. The van der Waals surface area contributed by atoms with E-state index in [9.17, 15) is 9.90 Å². The molecule has 4 rings (SSSR count). The zero-order valence-electron chi connectivity index (χ0n) is 14.3. The number of hydrogen-bond donors (Lipinski definition) is 1. The number of hydrogen-bond acceptors (Lipinski definition) is 2. The highest BCUT2D eigenvalue weighted by Gasteiger charge is 2.60. The summed E-state index contributed by atoms with van der Waals surface area (Å²) in [5.74, 6) is 3.08. The van der Waals surface area contributed by atoms with Crippen molar-refractivity contribution < 1.29 is 9.90 Å². The van der Waals surface area contributed by atoms with E-state index < -0.39 is 0 Å². The number of rotatable bonds is 0. The standard InChI is InChI=1S/C20H30O2/c1-12-10-14(21)11-13-4-5-15-16-6-7-18(22)19(16,2)9-8-17(15)20(12,13)3/h10,13,15-18,22H,4-9,11H2,1-3H3/t13?,15?,16?,17?,18-,19-,20-/m0/s1. The minimum Gasteiger partial charge on any atom is -0.393 e. The second-order valence-corrected chi connectivity index (χ2v) is 9.07. The lowest BCUT2D eigenvalue weighted by atomic mass is 9.45. The number of aliphatic hydroxyl groups is 1. The van der Waals surface area contributed by atoms with Crippen molar-refractivity contribution in [2.75, 3.05) is 0 Å². The van der Waals surface area contributed by atoms with Gasteiger partial charge in [-0.3, -0.25) is 4.79 Å². The molecule has 0 aromatic rings. The number of allylic oxidation sites excluding steroid dienone is 2. The molecule has 1 N–H and O–H groups in total. The molecule has 0 aromatic carbocycles. The second-order valence-electron chi connectivity index (χ2n) is 9.07. The van der Waals surface area contributed by atoms with Crippen molar-refractivity contribution in [1.29, 1.82) is 0 Å².